The van der Waals surface area contributed by atoms with E-state index in [1.165, 1.54) is 5.56 Å². The Bertz CT molecular complexity index is 759. The van der Waals surface area contributed by atoms with Crippen molar-refractivity contribution in [3.8, 4) is 6.07 Å². The van der Waals surface area contributed by atoms with Crippen LogP contribution in [0.3, 0.4) is 0 Å². The summed E-state index contributed by atoms with van der Waals surface area (Å²) < 4.78 is 0. The van der Waals surface area contributed by atoms with E-state index in [1.807, 2.05) is 36.4 Å². The van der Waals surface area contributed by atoms with E-state index < -0.39 is 5.54 Å². The maximum absolute atomic E-state index is 12.4. The van der Waals surface area contributed by atoms with Crippen LogP contribution in [0.15, 0.2) is 48.5 Å². The molecule has 2 aromatic carbocycles. The highest BCUT2D eigenvalue weighted by Gasteiger charge is 2.47. The number of hydrogen-bond acceptors (Lipinski definition) is 3. The molecule has 4 nitrogen and oxygen atoms in total. The van der Waals surface area contributed by atoms with Crippen molar-refractivity contribution in [2.75, 3.05) is 10.6 Å². The molecule has 0 saturated carbocycles. The third-order valence-corrected chi connectivity index (χ3v) is 4.00. The predicted octanol–water partition coefficient (Wildman–Crippen LogP) is 3.59. The van der Waals surface area contributed by atoms with Crippen LogP contribution in [0, 0.1) is 11.3 Å². The number of carbonyl (C=O) groups is 1. The third-order valence-electron chi connectivity index (χ3n) is 4.00. The number of nitrogens with one attached hydrogen (secondary N) is 2. The van der Waals surface area contributed by atoms with Crippen LogP contribution in [-0.2, 0) is 10.3 Å². The minimum atomic E-state index is -1.38. The Morgan fingerprint density at radius 1 is 1.14 bits per heavy atom. The van der Waals surface area contributed by atoms with Crippen LogP contribution >= 0.6 is 0 Å². The second kappa shape index (κ2) is 5.19. The Morgan fingerprint density at radius 3 is 2.45 bits per heavy atom. The molecule has 0 radical (unpaired) electrons. The van der Waals surface area contributed by atoms with Crippen molar-refractivity contribution >= 4 is 17.3 Å². The molecule has 1 amide bonds. The molecular formula is C18H17N3O. The number of anilines is 2. The number of benzene rings is 2. The largest absolute Gasteiger partial charge is 0.356 e. The fraction of sp³-hybridized carbons (Fsp3) is 0.222. The van der Waals surface area contributed by atoms with Gasteiger partial charge in [0, 0.05) is 16.9 Å². The zero-order valence-corrected chi connectivity index (χ0v) is 12.6. The monoisotopic (exact) mass is 291 g/mol. The lowest BCUT2D eigenvalue weighted by molar-refractivity contribution is -0.118. The molecule has 4 heteroatoms. The first kappa shape index (κ1) is 14.2. The van der Waals surface area contributed by atoms with Gasteiger partial charge in [0.15, 0.2) is 0 Å². The summed E-state index contributed by atoms with van der Waals surface area (Å²) in [5, 5.41) is 15.5. The molecule has 0 fully saturated rings. The van der Waals surface area contributed by atoms with E-state index in [2.05, 4.69) is 30.6 Å². The standard InChI is InChI=1S/C18H17N3O/c1-12(2)13-7-9-14(10-8-13)21-18(11-19)15-5-3-4-6-16(15)20-17(18)22/h3-10,12,21H,1-2H3,(H,20,22)/t18-/m1/s1. The van der Waals surface area contributed by atoms with Crippen molar-refractivity contribution in [2.24, 2.45) is 0 Å². The van der Waals surface area contributed by atoms with Crippen molar-refractivity contribution in [1.82, 2.24) is 0 Å². The average molecular weight is 291 g/mol. The van der Waals surface area contributed by atoms with Crippen LogP contribution < -0.4 is 10.6 Å². The fourth-order valence-electron chi connectivity index (χ4n) is 2.69. The molecule has 0 aliphatic carbocycles. The van der Waals surface area contributed by atoms with Gasteiger partial charge in [0.05, 0.1) is 0 Å². The van der Waals surface area contributed by atoms with Gasteiger partial charge in [0.25, 0.3) is 5.91 Å². The van der Waals surface area contributed by atoms with Gasteiger partial charge in [0.1, 0.15) is 6.07 Å². The number of rotatable bonds is 3. The molecule has 0 unspecified atom stereocenters. The van der Waals surface area contributed by atoms with Crippen LogP contribution in [0.1, 0.15) is 30.9 Å². The Hall–Kier alpha value is -2.80. The number of fused-ring (bicyclic) bond motifs is 1. The lowest BCUT2D eigenvalue weighted by Crippen LogP contribution is -2.40. The Morgan fingerprint density at radius 2 is 1.82 bits per heavy atom. The van der Waals surface area contributed by atoms with Crippen LogP contribution in [0.25, 0.3) is 0 Å². The first-order valence-corrected chi connectivity index (χ1v) is 7.27. The van der Waals surface area contributed by atoms with E-state index in [0.29, 0.717) is 17.2 Å². The van der Waals surface area contributed by atoms with E-state index >= 15 is 0 Å². The highest BCUT2D eigenvalue weighted by atomic mass is 16.2. The zero-order valence-electron chi connectivity index (χ0n) is 12.6. The van der Waals surface area contributed by atoms with Crippen LogP contribution in [0.5, 0.6) is 0 Å². The fourth-order valence-corrected chi connectivity index (χ4v) is 2.69. The lowest BCUT2D eigenvalue weighted by atomic mass is 9.92. The zero-order chi connectivity index (χ0) is 15.7. The molecule has 110 valence electrons. The number of nitriles is 1. The molecule has 2 N–H and O–H groups in total. The molecule has 1 aliphatic rings. The normalized spacial score (nSPS) is 19.5. The molecule has 1 aliphatic heterocycles. The van der Waals surface area contributed by atoms with Crippen molar-refractivity contribution < 1.29 is 4.79 Å². The SMILES string of the molecule is CC(C)c1ccc(N[C@@]2(C#N)C(=O)Nc3ccccc32)cc1. The minimum absolute atomic E-state index is 0.343. The van der Waals surface area contributed by atoms with Gasteiger partial charge in [-0.25, -0.2) is 0 Å². The number of nitrogens with zero attached hydrogens (tertiary/aromatic N) is 1. The Kier molecular flexibility index (Phi) is 3.34. The van der Waals surface area contributed by atoms with Crippen LogP contribution in [0.2, 0.25) is 0 Å². The number of para-hydroxylation sites is 1. The maximum Gasteiger partial charge on any atom is 0.269 e. The van der Waals surface area contributed by atoms with Gasteiger partial charge in [-0.05, 0) is 29.7 Å². The number of carbonyl (C=O) groups excluding carboxylic acids is 1. The summed E-state index contributed by atoms with van der Waals surface area (Å²) in [6.45, 7) is 4.25. The second-order valence-electron chi connectivity index (χ2n) is 5.76. The van der Waals surface area contributed by atoms with E-state index in [4.69, 9.17) is 0 Å². The molecule has 0 spiro atoms. The summed E-state index contributed by atoms with van der Waals surface area (Å²) >= 11 is 0. The minimum Gasteiger partial charge on any atom is -0.356 e. The van der Waals surface area contributed by atoms with Crippen molar-refractivity contribution in [1.29, 1.82) is 5.26 Å². The van der Waals surface area contributed by atoms with Gasteiger partial charge >= 0.3 is 0 Å². The molecule has 0 saturated heterocycles. The quantitative estimate of drug-likeness (QED) is 0.908. The first-order valence-electron chi connectivity index (χ1n) is 7.27. The van der Waals surface area contributed by atoms with Crippen molar-refractivity contribution in [3.63, 3.8) is 0 Å². The van der Waals surface area contributed by atoms with Gasteiger partial charge in [-0.1, -0.05) is 44.2 Å². The van der Waals surface area contributed by atoms with Gasteiger partial charge in [0.2, 0.25) is 5.54 Å². The van der Waals surface area contributed by atoms with Gasteiger partial charge < -0.3 is 10.6 Å². The highest BCUT2D eigenvalue weighted by Crippen LogP contribution is 2.38. The molecular weight excluding hydrogens is 274 g/mol. The summed E-state index contributed by atoms with van der Waals surface area (Å²) in [6, 6.07) is 17.2. The van der Waals surface area contributed by atoms with Gasteiger partial charge in [-0.3, -0.25) is 4.79 Å². The Balaban J connectivity index is 1.98. The maximum atomic E-state index is 12.4. The summed E-state index contributed by atoms with van der Waals surface area (Å²) in [5.74, 6) is 0.0959. The molecule has 22 heavy (non-hydrogen) atoms. The summed E-state index contributed by atoms with van der Waals surface area (Å²) in [5.41, 5.74) is 1.93. The molecule has 0 aromatic heterocycles. The average Bonchev–Trinajstić information content (AvgIpc) is 2.80. The molecule has 0 bridgehead atoms. The van der Waals surface area contributed by atoms with E-state index in [-0.39, 0.29) is 5.91 Å². The first-order chi connectivity index (χ1) is 10.6. The lowest BCUT2D eigenvalue weighted by Gasteiger charge is -2.22. The van der Waals surface area contributed by atoms with E-state index in [0.717, 1.165) is 5.69 Å². The van der Waals surface area contributed by atoms with Crippen molar-refractivity contribution in [3.05, 3.63) is 59.7 Å². The van der Waals surface area contributed by atoms with Gasteiger partial charge in [-0.15, -0.1) is 0 Å². The molecule has 2 aromatic rings. The smallest absolute Gasteiger partial charge is 0.269 e. The van der Waals surface area contributed by atoms with Crippen LogP contribution in [0.4, 0.5) is 11.4 Å². The number of amides is 1. The van der Waals surface area contributed by atoms with E-state index in [9.17, 15) is 10.1 Å². The molecule has 3 rings (SSSR count). The van der Waals surface area contributed by atoms with E-state index in [1.54, 1.807) is 12.1 Å². The highest BCUT2D eigenvalue weighted by molar-refractivity contribution is 6.09. The second-order valence-corrected chi connectivity index (χ2v) is 5.76. The third kappa shape index (κ3) is 2.11. The number of hydrogen-bond donors (Lipinski definition) is 2. The van der Waals surface area contributed by atoms with Gasteiger partial charge in [-0.2, -0.15) is 5.26 Å². The summed E-state index contributed by atoms with van der Waals surface area (Å²) in [6.07, 6.45) is 0. The predicted molar refractivity (Wildman–Crippen MR) is 86.5 cm³/mol. The summed E-state index contributed by atoms with van der Waals surface area (Å²) in [7, 11) is 0. The molecule has 1 atom stereocenters. The Labute approximate surface area is 129 Å². The topological polar surface area (TPSA) is 64.9 Å². The van der Waals surface area contributed by atoms with Crippen molar-refractivity contribution in [2.45, 2.75) is 25.3 Å². The molecule has 1 heterocycles. The summed E-state index contributed by atoms with van der Waals surface area (Å²) in [4.78, 5) is 12.4. The van der Waals surface area contributed by atoms with Crippen LogP contribution in [-0.4, -0.2) is 5.91 Å².